The van der Waals surface area contributed by atoms with Crippen LogP contribution in [-0.4, -0.2) is 43.5 Å². The van der Waals surface area contributed by atoms with Crippen LogP contribution in [0.1, 0.15) is 30.1 Å². The van der Waals surface area contributed by atoms with E-state index in [1.54, 1.807) is 31.4 Å². The SMILES string of the molecule is COCC1CCN(C(=O)Nc2cccc(C(C)=O)c2)CC1. The first kappa shape index (κ1) is 15.5. The predicted molar refractivity (Wildman–Crippen MR) is 81.6 cm³/mol. The van der Waals surface area contributed by atoms with Crippen molar-refractivity contribution in [3.8, 4) is 0 Å². The lowest BCUT2D eigenvalue weighted by Crippen LogP contribution is -2.41. The fourth-order valence-electron chi connectivity index (χ4n) is 2.56. The van der Waals surface area contributed by atoms with Crippen LogP contribution in [0, 0.1) is 5.92 Å². The van der Waals surface area contributed by atoms with Gasteiger partial charge < -0.3 is 15.0 Å². The number of benzene rings is 1. The molecule has 21 heavy (non-hydrogen) atoms. The molecule has 1 aromatic rings. The summed E-state index contributed by atoms with van der Waals surface area (Å²) in [7, 11) is 1.71. The lowest BCUT2D eigenvalue weighted by molar-refractivity contribution is 0.101. The van der Waals surface area contributed by atoms with Crippen LogP contribution in [0.2, 0.25) is 0 Å². The van der Waals surface area contributed by atoms with Crippen LogP contribution in [0.4, 0.5) is 10.5 Å². The third kappa shape index (κ3) is 4.29. The number of hydrogen-bond acceptors (Lipinski definition) is 3. The Morgan fingerprint density at radius 2 is 2.05 bits per heavy atom. The van der Waals surface area contributed by atoms with Gasteiger partial charge in [0.05, 0.1) is 0 Å². The van der Waals surface area contributed by atoms with Crippen LogP contribution >= 0.6 is 0 Å². The number of nitrogens with one attached hydrogen (secondary N) is 1. The Bertz CT molecular complexity index is 508. The highest BCUT2D eigenvalue weighted by Gasteiger charge is 2.22. The third-order valence-electron chi connectivity index (χ3n) is 3.82. The monoisotopic (exact) mass is 290 g/mol. The maximum atomic E-state index is 12.2. The van der Waals surface area contributed by atoms with Crippen LogP contribution in [-0.2, 0) is 4.74 Å². The lowest BCUT2D eigenvalue weighted by Gasteiger charge is -2.31. The Morgan fingerprint density at radius 3 is 2.67 bits per heavy atom. The summed E-state index contributed by atoms with van der Waals surface area (Å²) in [6, 6.07) is 6.91. The molecular formula is C16H22N2O3. The topological polar surface area (TPSA) is 58.6 Å². The molecule has 5 nitrogen and oxygen atoms in total. The number of amides is 2. The molecule has 2 amide bonds. The molecule has 2 rings (SSSR count). The molecule has 0 radical (unpaired) electrons. The van der Waals surface area contributed by atoms with E-state index >= 15 is 0 Å². The van der Waals surface area contributed by atoms with Gasteiger partial charge in [0.2, 0.25) is 0 Å². The van der Waals surface area contributed by atoms with Crippen LogP contribution in [0.3, 0.4) is 0 Å². The maximum Gasteiger partial charge on any atom is 0.321 e. The van der Waals surface area contributed by atoms with E-state index in [9.17, 15) is 9.59 Å². The highest BCUT2D eigenvalue weighted by Crippen LogP contribution is 2.19. The summed E-state index contributed by atoms with van der Waals surface area (Å²) >= 11 is 0. The first-order valence-electron chi connectivity index (χ1n) is 7.26. The Labute approximate surface area is 125 Å². The number of Topliss-reactive ketones (excluding diaryl/α,β-unsaturated/α-hetero) is 1. The number of piperidine rings is 1. The van der Waals surface area contributed by atoms with E-state index in [0.717, 1.165) is 32.5 Å². The maximum absolute atomic E-state index is 12.2. The number of ether oxygens (including phenoxy) is 1. The number of methoxy groups -OCH3 is 1. The second-order valence-electron chi connectivity index (χ2n) is 5.45. The fraction of sp³-hybridized carbons (Fsp3) is 0.500. The Morgan fingerprint density at radius 1 is 1.33 bits per heavy atom. The second kappa shape index (κ2) is 7.22. The standard InChI is InChI=1S/C16H22N2O3/c1-12(19)14-4-3-5-15(10-14)17-16(20)18-8-6-13(7-9-18)11-21-2/h3-5,10,13H,6-9,11H2,1-2H3,(H,17,20). The second-order valence-corrected chi connectivity index (χ2v) is 5.45. The fourth-order valence-corrected chi connectivity index (χ4v) is 2.56. The number of ketones is 1. The van der Waals surface area contributed by atoms with Gasteiger partial charge in [0.25, 0.3) is 0 Å². The van der Waals surface area contributed by atoms with Crippen molar-refractivity contribution in [3.63, 3.8) is 0 Å². The van der Waals surface area contributed by atoms with Gasteiger partial charge in [-0.1, -0.05) is 12.1 Å². The molecule has 0 atom stereocenters. The summed E-state index contributed by atoms with van der Waals surface area (Å²) in [5, 5.41) is 2.86. The van der Waals surface area contributed by atoms with Crippen molar-refractivity contribution in [1.29, 1.82) is 0 Å². The smallest absolute Gasteiger partial charge is 0.321 e. The molecule has 1 fully saturated rings. The van der Waals surface area contributed by atoms with Gasteiger partial charge >= 0.3 is 6.03 Å². The van der Waals surface area contributed by atoms with Crippen LogP contribution in [0.25, 0.3) is 0 Å². The minimum absolute atomic E-state index is 0.00789. The zero-order chi connectivity index (χ0) is 15.2. The third-order valence-corrected chi connectivity index (χ3v) is 3.82. The van der Waals surface area contributed by atoms with Crippen molar-refractivity contribution in [2.24, 2.45) is 5.92 Å². The number of urea groups is 1. The number of anilines is 1. The van der Waals surface area contributed by atoms with Gasteiger partial charge in [-0.05, 0) is 37.8 Å². The molecule has 1 N–H and O–H groups in total. The van der Waals surface area contributed by atoms with E-state index in [2.05, 4.69) is 5.32 Å². The van der Waals surface area contributed by atoms with Crippen LogP contribution in [0.15, 0.2) is 24.3 Å². The lowest BCUT2D eigenvalue weighted by atomic mass is 9.98. The van der Waals surface area contributed by atoms with Gasteiger partial charge in [-0.3, -0.25) is 4.79 Å². The molecule has 0 aliphatic carbocycles. The van der Waals surface area contributed by atoms with Crippen molar-refractivity contribution in [2.45, 2.75) is 19.8 Å². The first-order chi connectivity index (χ1) is 10.1. The summed E-state index contributed by atoms with van der Waals surface area (Å²) < 4.78 is 5.16. The summed E-state index contributed by atoms with van der Waals surface area (Å²) in [6.45, 7) is 3.76. The van der Waals surface area contributed by atoms with Gasteiger partial charge in [-0.25, -0.2) is 4.79 Å². The minimum Gasteiger partial charge on any atom is -0.384 e. The molecular weight excluding hydrogens is 268 g/mol. The van der Waals surface area contributed by atoms with E-state index in [1.165, 1.54) is 6.92 Å². The van der Waals surface area contributed by atoms with Crippen LogP contribution < -0.4 is 5.32 Å². The van der Waals surface area contributed by atoms with Gasteiger partial charge in [-0.15, -0.1) is 0 Å². The van der Waals surface area contributed by atoms with Crippen LogP contribution in [0.5, 0.6) is 0 Å². The molecule has 1 heterocycles. The van der Waals surface area contributed by atoms with Gasteiger partial charge in [-0.2, -0.15) is 0 Å². The van der Waals surface area contributed by atoms with Gasteiger partial charge in [0.15, 0.2) is 5.78 Å². The highest BCUT2D eigenvalue weighted by atomic mass is 16.5. The molecule has 0 spiro atoms. The van der Waals surface area contributed by atoms with Crippen molar-refractivity contribution in [3.05, 3.63) is 29.8 Å². The highest BCUT2D eigenvalue weighted by molar-refractivity contribution is 5.96. The van der Waals surface area contributed by atoms with E-state index < -0.39 is 0 Å². The predicted octanol–water partition coefficient (Wildman–Crippen LogP) is 2.78. The van der Waals surface area contributed by atoms with E-state index in [-0.39, 0.29) is 11.8 Å². The molecule has 0 aromatic heterocycles. The Balaban J connectivity index is 1.90. The van der Waals surface area contributed by atoms with Crippen molar-refractivity contribution in [1.82, 2.24) is 4.90 Å². The number of likely N-dealkylation sites (tertiary alicyclic amines) is 1. The van der Waals surface area contributed by atoms with Gasteiger partial charge in [0, 0.05) is 38.1 Å². The van der Waals surface area contributed by atoms with E-state index in [1.807, 2.05) is 4.90 Å². The molecule has 1 aromatic carbocycles. The number of hydrogen-bond donors (Lipinski definition) is 1. The van der Waals surface area contributed by atoms with E-state index in [0.29, 0.717) is 17.2 Å². The summed E-state index contributed by atoms with van der Waals surface area (Å²) in [5.74, 6) is 0.534. The quantitative estimate of drug-likeness (QED) is 0.867. The number of nitrogens with zero attached hydrogens (tertiary/aromatic N) is 1. The van der Waals surface area contributed by atoms with Crippen molar-refractivity contribution in [2.75, 3.05) is 32.1 Å². The minimum atomic E-state index is -0.105. The Hall–Kier alpha value is -1.88. The average Bonchev–Trinajstić information content (AvgIpc) is 2.48. The normalized spacial score (nSPS) is 15.8. The molecule has 0 saturated carbocycles. The van der Waals surface area contributed by atoms with Crippen molar-refractivity contribution < 1.29 is 14.3 Å². The number of carbonyl (C=O) groups excluding carboxylic acids is 2. The molecule has 1 aliphatic heterocycles. The average molecular weight is 290 g/mol. The molecule has 0 bridgehead atoms. The first-order valence-corrected chi connectivity index (χ1v) is 7.26. The number of carbonyl (C=O) groups is 2. The zero-order valence-corrected chi connectivity index (χ0v) is 12.6. The molecule has 5 heteroatoms. The molecule has 114 valence electrons. The van der Waals surface area contributed by atoms with E-state index in [4.69, 9.17) is 4.74 Å². The summed E-state index contributed by atoms with van der Waals surface area (Å²) in [6.07, 6.45) is 1.93. The van der Waals surface area contributed by atoms with Crippen molar-refractivity contribution >= 4 is 17.5 Å². The zero-order valence-electron chi connectivity index (χ0n) is 12.6. The number of rotatable bonds is 4. The molecule has 1 aliphatic rings. The summed E-state index contributed by atoms with van der Waals surface area (Å²) in [5.41, 5.74) is 1.26. The largest absolute Gasteiger partial charge is 0.384 e. The molecule has 0 unspecified atom stereocenters. The Kier molecular flexibility index (Phi) is 5.33. The molecule has 1 saturated heterocycles. The summed E-state index contributed by atoms with van der Waals surface area (Å²) in [4.78, 5) is 25.4. The van der Waals surface area contributed by atoms with Gasteiger partial charge in [0.1, 0.15) is 0 Å².